The molecule has 24 nitrogen and oxygen atoms in total. The van der Waals surface area contributed by atoms with Crippen LogP contribution >= 0.6 is 46.4 Å². The third kappa shape index (κ3) is 26.2. The van der Waals surface area contributed by atoms with E-state index < -0.39 is 17.9 Å². The average molecular weight is 1680 g/mol. The van der Waals surface area contributed by atoms with Crippen molar-refractivity contribution >= 4 is 116 Å². The molecule has 8 rings (SSSR count). The SMILES string of the molecule is CC(=O)OCO/C(=C(/C#N)c1ccc(C(C)(C)C)cc1)c1c(Cl)c(C)nn1C.CCC(=O)OCO/C(=C(/C#N)c1ccc(C(C)(C)C)cc1)c1c(Cl)c(C)nn1C.CCCC(=O)OCO/C(=C(/C#N)c1ccc(C(C)(C)C)cc1)c1c(Cl)c(C)nn1C.Cc1nn(C)c(/C(OCOC(=O)C(C)C)=C(\C#N)c2ccc(C(C)(C)C)cc2)c1Cl. The second kappa shape index (κ2) is 42.7. The second-order valence-corrected chi connectivity index (χ2v) is 33.0. The van der Waals surface area contributed by atoms with Crippen LogP contribution in [0.2, 0.25) is 20.1 Å². The summed E-state index contributed by atoms with van der Waals surface area (Å²) in [5.74, 6) is -1.07. The van der Waals surface area contributed by atoms with Gasteiger partial charge in [-0.05, 0) is 100 Å². The lowest BCUT2D eigenvalue weighted by Crippen LogP contribution is -2.15. The first-order valence-electron chi connectivity index (χ1n) is 37.6. The summed E-state index contributed by atoms with van der Waals surface area (Å²) in [5, 5.41) is 58.4. The largest absolute Gasteiger partial charge is 0.454 e. The maximum Gasteiger partial charge on any atom is 0.311 e. The van der Waals surface area contributed by atoms with Gasteiger partial charge < -0.3 is 37.9 Å². The number of benzene rings is 4. The Morgan fingerprint density at radius 1 is 0.376 bits per heavy atom. The van der Waals surface area contributed by atoms with Gasteiger partial charge in [0.05, 0.1) is 48.8 Å². The van der Waals surface area contributed by atoms with Crippen LogP contribution in [-0.4, -0.2) is 90.2 Å². The van der Waals surface area contributed by atoms with Crippen LogP contribution < -0.4 is 0 Å². The molecule has 0 fully saturated rings. The van der Waals surface area contributed by atoms with Crippen molar-refractivity contribution in [3.05, 3.63) is 207 Å². The molecule has 0 N–H and O–H groups in total. The molecule has 0 saturated heterocycles. The molecular weight excluding hydrogens is 1570 g/mol. The molecule has 4 aromatic carbocycles. The molecule has 4 aromatic heterocycles. The van der Waals surface area contributed by atoms with Crippen molar-refractivity contribution in [1.82, 2.24) is 39.1 Å². The molecule has 0 unspecified atom stereocenters. The van der Waals surface area contributed by atoms with E-state index in [2.05, 4.69) is 128 Å². The molecule has 4 heterocycles. The minimum absolute atomic E-state index is 0.00777. The van der Waals surface area contributed by atoms with E-state index in [9.17, 15) is 40.2 Å². The standard InChI is InChI=1S/2C23H28ClN3O3.C22H26ClN3O3.C21H24ClN3O3/c1-14(2)22(28)30-13-29-21(20-19(24)15(3)26-27(20)7)18(12-25)16-8-10-17(11-9-16)23(4,5)6;1-7-8-19(28)29-14-30-22(21-20(24)15(2)26-27(21)6)18(13-25)16-9-11-17(12-10-16)23(3,4)5;1-7-18(27)28-13-29-21(20-19(23)14(2)25-26(20)6)17(12-24)15-8-10-16(11-9-15)22(3,4)5;1-13-18(22)19(25(6)24-13)20(28-12-27-14(2)26)17(11-23)15-7-9-16(10-8-15)21(3,4)5/h8-11,14H,13H2,1-7H3;9-12H,7-8,14H2,1-6H3;8-11H,7,13H2,1-6H3;7-10H,12H2,1-6H3/b21-18-;22-18-;21-17-;20-17-. The second-order valence-electron chi connectivity index (χ2n) is 31.5. The highest BCUT2D eigenvalue weighted by atomic mass is 35.5. The van der Waals surface area contributed by atoms with Gasteiger partial charge in [0, 0.05) is 48.0 Å². The minimum Gasteiger partial charge on any atom is -0.454 e. The zero-order chi connectivity index (χ0) is 87.9. The molecule has 0 atom stereocenters. The number of halogens is 4. The lowest BCUT2D eigenvalue weighted by Gasteiger charge is -2.19. The summed E-state index contributed by atoms with van der Waals surface area (Å²) in [7, 11) is 6.86. The monoisotopic (exact) mass is 1670 g/mol. The number of ether oxygens (including phenoxy) is 8. The van der Waals surface area contributed by atoms with E-state index in [1.165, 1.54) is 6.92 Å². The van der Waals surface area contributed by atoms with Crippen LogP contribution in [0.25, 0.3) is 45.3 Å². The number of allylic oxidation sites excluding steroid dienone is 4. The zero-order valence-corrected chi connectivity index (χ0v) is 74.6. The van der Waals surface area contributed by atoms with Gasteiger partial charge in [-0.15, -0.1) is 0 Å². The van der Waals surface area contributed by atoms with Gasteiger partial charge in [-0.3, -0.25) is 37.9 Å². The van der Waals surface area contributed by atoms with E-state index in [0.717, 1.165) is 22.3 Å². The van der Waals surface area contributed by atoms with Crippen LogP contribution in [0.5, 0.6) is 0 Å². The molecule has 0 aliphatic heterocycles. The van der Waals surface area contributed by atoms with E-state index in [0.29, 0.717) is 101 Å². The third-order valence-electron chi connectivity index (χ3n) is 17.9. The minimum atomic E-state index is -0.486. The lowest BCUT2D eigenvalue weighted by atomic mass is 9.86. The van der Waals surface area contributed by atoms with Crippen molar-refractivity contribution in [2.45, 2.75) is 186 Å². The number of rotatable bonds is 24. The van der Waals surface area contributed by atoms with Gasteiger partial charge in [0.25, 0.3) is 0 Å². The molecular formula is C89H106Cl4N12O12. The number of carbonyl (C=O) groups is 4. The summed E-state index contributed by atoms with van der Waals surface area (Å²) < 4.78 is 49.5. The quantitative estimate of drug-likeness (QED) is 0.0178. The number of esters is 4. The molecule has 8 aromatic rings. The van der Waals surface area contributed by atoms with Gasteiger partial charge >= 0.3 is 23.9 Å². The summed E-state index contributed by atoms with van der Waals surface area (Å²) in [6, 6.07) is 39.7. The van der Waals surface area contributed by atoms with Crippen molar-refractivity contribution < 1.29 is 57.1 Å². The van der Waals surface area contributed by atoms with Crippen LogP contribution in [-0.2, 0) is 107 Å². The maximum absolute atomic E-state index is 11.8. The Hall–Kier alpha value is -11.1. The number of hydrogen-bond acceptors (Lipinski definition) is 20. The van der Waals surface area contributed by atoms with Gasteiger partial charge in [0.15, 0.2) is 23.0 Å². The first-order valence-corrected chi connectivity index (χ1v) is 39.1. The average Bonchev–Trinajstić information content (AvgIpc) is 1.69. The fourth-order valence-electron chi connectivity index (χ4n) is 11.3. The van der Waals surface area contributed by atoms with E-state index in [4.69, 9.17) is 84.3 Å². The normalized spacial score (nSPS) is 12.3. The fraction of sp³-hybridized carbons (Fsp3) is 0.416. The summed E-state index contributed by atoms with van der Waals surface area (Å²) in [6.45, 7) is 39.6. The van der Waals surface area contributed by atoms with Gasteiger partial charge in [0.1, 0.15) is 69.3 Å². The predicted molar refractivity (Wildman–Crippen MR) is 456 cm³/mol. The highest BCUT2D eigenvalue weighted by Gasteiger charge is 2.30. The summed E-state index contributed by atoms with van der Waals surface area (Å²) in [6.07, 6.45) is 1.21. The van der Waals surface area contributed by atoms with Crippen molar-refractivity contribution in [3.63, 3.8) is 0 Å². The highest BCUT2D eigenvalue weighted by Crippen LogP contribution is 2.40. The van der Waals surface area contributed by atoms with Crippen molar-refractivity contribution in [3.8, 4) is 24.3 Å². The topological polar surface area (TPSA) is 309 Å². The number of aromatic nitrogens is 8. The van der Waals surface area contributed by atoms with Gasteiger partial charge in [0.2, 0.25) is 27.2 Å². The van der Waals surface area contributed by atoms with Crippen molar-refractivity contribution in [2.24, 2.45) is 34.1 Å². The summed E-state index contributed by atoms with van der Waals surface area (Å²) >= 11 is 25.8. The molecule has 117 heavy (non-hydrogen) atoms. The number of nitrogens with zero attached hydrogens (tertiary/aromatic N) is 12. The van der Waals surface area contributed by atoms with Crippen LogP contribution in [0.15, 0.2) is 97.1 Å². The molecule has 0 spiro atoms. The first-order chi connectivity index (χ1) is 54.7. The van der Waals surface area contributed by atoms with E-state index >= 15 is 0 Å². The zero-order valence-electron chi connectivity index (χ0n) is 71.5. The molecule has 0 radical (unpaired) electrons. The fourth-order valence-corrected chi connectivity index (χ4v) is 12.2. The Balaban J connectivity index is 0.000000278. The lowest BCUT2D eigenvalue weighted by molar-refractivity contribution is -0.155. The molecule has 0 aliphatic carbocycles. The Morgan fingerprint density at radius 3 is 0.778 bits per heavy atom. The summed E-state index contributed by atoms with van der Waals surface area (Å²) in [5.41, 5.74) is 12.6. The van der Waals surface area contributed by atoms with Crippen LogP contribution in [0.3, 0.4) is 0 Å². The Morgan fingerprint density at radius 2 is 0.598 bits per heavy atom. The van der Waals surface area contributed by atoms with E-state index in [1.54, 1.807) is 95.4 Å². The van der Waals surface area contributed by atoms with Crippen LogP contribution in [0, 0.1) is 78.9 Å². The Labute approximate surface area is 707 Å². The van der Waals surface area contributed by atoms with Crippen molar-refractivity contribution in [2.75, 3.05) is 27.2 Å². The third-order valence-corrected chi connectivity index (χ3v) is 19.7. The van der Waals surface area contributed by atoms with E-state index in [1.807, 2.05) is 104 Å². The van der Waals surface area contributed by atoms with E-state index in [-0.39, 0.29) is 112 Å². The van der Waals surface area contributed by atoms with Gasteiger partial charge in [-0.1, -0.05) is 254 Å². The summed E-state index contributed by atoms with van der Waals surface area (Å²) in [4.78, 5) is 46.1. The van der Waals surface area contributed by atoms with Gasteiger partial charge in [-0.2, -0.15) is 41.4 Å². The maximum atomic E-state index is 11.8. The smallest absolute Gasteiger partial charge is 0.311 e. The number of carbonyl (C=O) groups excluding carboxylic acids is 4. The molecule has 0 amide bonds. The van der Waals surface area contributed by atoms with Crippen molar-refractivity contribution in [1.29, 1.82) is 21.0 Å². The number of nitriles is 4. The van der Waals surface area contributed by atoms with Crippen LogP contribution in [0.4, 0.5) is 0 Å². The van der Waals surface area contributed by atoms with Gasteiger partial charge in [-0.25, -0.2) is 0 Å². The predicted octanol–water partition coefficient (Wildman–Crippen LogP) is 20.2. The molecule has 0 aliphatic rings. The number of aryl methyl sites for hydroxylation is 8. The highest BCUT2D eigenvalue weighted by molar-refractivity contribution is 6.34. The Bertz CT molecular complexity index is 5160. The van der Waals surface area contributed by atoms with Crippen LogP contribution in [0.1, 0.15) is 227 Å². The molecule has 0 saturated carbocycles. The Kier molecular flexibility index (Phi) is 35.2. The first kappa shape index (κ1) is 96.5. The number of hydrogen-bond donors (Lipinski definition) is 0. The molecule has 0 bridgehead atoms. The molecule has 622 valence electrons. The molecule has 28 heteroatoms.